The third-order valence-electron chi connectivity index (χ3n) is 1.69. The van der Waals surface area contributed by atoms with Crippen LogP contribution in [0, 0.1) is 0 Å². The molecule has 0 aliphatic heterocycles. The molecule has 0 amide bonds. The van der Waals surface area contributed by atoms with Gasteiger partial charge in [-0.2, -0.15) is 13.2 Å². The second kappa shape index (κ2) is 4.69. The van der Waals surface area contributed by atoms with Crippen molar-refractivity contribution in [2.24, 2.45) is 0 Å². The highest BCUT2D eigenvalue weighted by molar-refractivity contribution is 9.10. The maximum absolute atomic E-state index is 11.9. The first-order chi connectivity index (χ1) is 7.30. The monoisotopic (exact) mass is 294 g/mol. The van der Waals surface area contributed by atoms with E-state index in [0.717, 1.165) is 0 Å². The molecule has 0 aliphatic carbocycles. The molecule has 0 atom stereocenters. The van der Waals surface area contributed by atoms with E-state index in [1.165, 1.54) is 24.3 Å². The molecule has 0 fully saturated rings. The van der Waals surface area contributed by atoms with E-state index in [1.807, 2.05) is 0 Å². The lowest BCUT2D eigenvalue weighted by atomic mass is 10.1. The van der Waals surface area contributed by atoms with Gasteiger partial charge >= 0.3 is 6.18 Å². The number of benzene rings is 1. The Bertz CT molecular complexity index is 421. The Labute approximate surface area is 97.5 Å². The van der Waals surface area contributed by atoms with E-state index in [2.05, 4.69) is 15.9 Å². The van der Waals surface area contributed by atoms with E-state index in [9.17, 15) is 23.1 Å². The number of aliphatic hydroxyl groups is 1. The van der Waals surface area contributed by atoms with Crippen molar-refractivity contribution in [3.63, 3.8) is 0 Å². The number of hydrogen-bond acceptors (Lipinski definition) is 2. The van der Waals surface area contributed by atoms with Crippen molar-refractivity contribution in [2.45, 2.75) is 6.18 Å². The standard InChI is InChI=1S/C10H6BrF3O2/c11-7-3-1-6(2-4-7)8(15)5-9(16)10(12,13)14/h1-5,15H/b8-5-. The van der Waals surface area contributed by atoms with Crippen LogP contribution in [0.25, 0.3) is 5.76 Å². The third kappa shape index (κ3) is 3.37. The zero-order valence-electron chi connectivity index (χ0n) is 7.75. The van der Waals surface area contributed by atoms with Crippen molar-refractivity contribution in [3.05, 3.63) is 40.4 Å². The maximum atomic E-state index is 11.9. The molecule has 16 heavy (non-hydrogen) atoms. The second-order valence-electron chi connectivity index (χ2n) is 2.90. The summed E-state index contributed by atoms with van der Waals surface area (Å²) in [5.74, 6) is -2.80. The lowest BCUT2D eigenvalue weighted by molar-refractivity contribution is -0.165. The molecule has 6 heteroatoms. The van der Waals surface area contributed by atoms with Gasteiger partial charge in [0.25, 0.3) is 5.78 Å². The molecular weight excluding hydrogens is 289 g/mol. The minimum Gasteiger partial charge on any atom is -0.507 e. The number of carbonyl (C=O) groups is 1. The predicted molar refractivity (Wildman–Crippen MR) is 55.8 cm³/mol. The molecular formula is C10H6BrF3O2. The van der Waals surface area contributed by atoms with Crippen molar-refractivity contribution in [1.82, 2.24) is 0 Å². The smallest absolute Gasteiger partial charge is 0.454 e. The van der Waals surface area contributed by atoms with Gasteiger partial charge in [-0.3, -0.25) is 4.79 Å². The summed E-state index contributed by atoms with van der Waals surface area (Å²) in [5, 5.41) is 9.27. The Morgan fingerprint density at radius 2 is 1.75 bits per heavy atom. The van der Waals surface area contributed by atoms with Gasteiger partial charge < -0.3 is 5.11 Å². The van der Waals surface area contributed by atoms with Gasteiger partial charge in [-0.1, -0.05) is 28.1 Å². The average molecular weight is 295 g/mol. The summed E-state index contributed by atoms with van der Waals surface area (Å²) < 4.78 is 36.3. The quantitative estimate of drug-likeness (QED) is 0.670. The molecule has 0 radical (unpaired) electrons. The summed E-state index contributed by atoms with van der Waals surface area (Å²) in [6.45, 7) is 0. The summed E-state index contributed by atoms with van der Waals surface area (Å²) in [5.41, 5.74) is 0.140. The van der Waals surface area contributed by atoms with Gasteiger partial charge in [0.05, 0.1) is 0 Å². The maximum Gasteiger partial charge on any atom is 0.454 e. The van der Waals surface area contributed by atoms with Crippen molar-refractivity contribution in [1.29, 1.82) is 0 Å². The van der Waals surface area contributed by atoms with E-state index in [0.29, 0.717) is 4.47 Å². The first kappa shape index (κ1) is 12.8. The molecule has 0 spiro atoms. The van der Waals surface area contributed by atoms with Gasteiger partial charge in [-0.15, -0.1) is 0 Å². The van der Waals surface area contributed by atoms with Crippen molar-refractivity contribution >= 4 is 27.5 Å². The zero-order valence-corrected chi connectivity index (χ0v) is 9.34. The molecule has 0 saturated heterocycles. The fraction of sp³-hybridized carbons (Fsp3) is 0.100. The molecule has 1 rings (SSSR count). The SMILES string of the molecule is O=C(/C=C(\O)c1ccc(Br)cc1)C(F)(F)F. The van der Waals surface area contributed by atoms with Crippen LogP contribution in [0.5, 0.6) is 0 Å². The Balaban J connectivity index is 2.94. The number of hydrogen-bond donors (Lipinski definition) is 1. The molecule has 1 aromatic carbocycles. The number of allylic oxidation sites excluding steroid dienone is 1. The van der Waals surface area contributed by atoms with Crippen molar-refractivity contribution < 1.29 is 23.1 Å². The fourth-order valence-electron chi connectivity index (χ4n) is 0.910. The number of carbonyl (C=O) groups excluding carboxylic acids is 1. The highest BCUT2D eigenvalue weighted by Gasteiger charge is 2.36. The van der Waals surface area contributed by atoms with Gasteiger partial charge in [-0.05, 0) is 12.1 Å². The third-order valence-corrected chi connectivity index (χ3v) is 2.22. The lowest BCUT2D eigenvalue weighted by Gasteiger charge is -2.03. The van der Waals surface area contributed by atoms with E-state index in [4.69, 9.17) is 0 Å². The fourth-order valence-corrected chi connectivity index (χ4v) is 1.17. The molecule has 1 aromatic rings. The van der Waals surface area contributed by atoms with Crippen LogP contribution in [0.2, 0.25) is 0 Å². The normalized spacial score (nSPS) is 12.6. The van der Waals surface area contributed by atoms with Crippen LogP contribution < -0.4 is 0 Å². The van der Waals surface area contributed by atoms with Crippen molar-refractivity contribution in [2.75, 3.05) is 0 Å². The van der Waals surface area contributed by atoms with E-state index < -0.39 is 17.7 Å². The molecule has 0 saturated carbocycles. The summed E-state index contributed by atoms with van der Waals surface area (Å²) in [6, 6.07) is 5.86. The number of alkyl halides is 3. The molecule has 1 N–H and O–H groups in total. The van der Waals surface area contributed by atoms with Gasteiger partial charge in [0.15, 0.2) is 0 Å². The Hall–Kier alpha value is -1.30. The summed E-state index contributed by atoms with van der Waals surface area (Å²) in [4.78, 5) is 10.5. The molecule has 86 valence electrons. The van der Waals surface area contributed by atoms with Gasteiger partial charge in [-0.25, -0.2) is 0 Å². The van der Waals surface area contributed by atoms with Gasteiger partial charge in [0.1, 0.15) is 5.76 Å². The topological polar surface area (TPSA) is 37.3 Å². The number of rotatable bonds is 2. The molecule has 0 unspecified atom stereocenters. The molecule has 0 heterocycles. The second-order valence-corrected chi connectivity index (χ2v) is 3.81. The van der Waals surface area contributed by atoms with Crippen LogP contribution in [0.3, 0.4) is 0 Å². The zero-order chi connectivity index (χ0) is 12.3. The minimum absolute atomic E-state index is 0.140. The summed E-state index contributed by atoms with van der Waals surface area (Å²) >= 11 is 3.13. The van der Waals surface area contributed by atoms with Gasteiger partial charge in [0, 0.05) is 16.1 Å². The first-order valence-electron chi connectivity index (χ1n) is 4.08. The molecule has 0 aliphatic rings. The molecule has 0 aromatic heterocycles. The Kier molecular flexibility index (Phi) is 3.74. The predicted octanol–water partition coefficient (Wildman–Crippen LogP) is 3.48. The van der Waals surface area contributed by atoms with Crippen LogP contribution in [-0.4, -0.2) is 17.1 Å². The van der Waals surface area contributed by atoms with Crippen molar-refractivity contribution in [3.8, 4) is 0 Å². The van der Waals surface area contributed by atoms with E-state index in [-0.39, 0.29) is 11.6 Å². The summed E-state index contributed by atoms with van der Waals surface area (Å²) in [6.07, 6.45) is -4.81. The van der Waals surface area contributed by atoms with Crippen LogP contribution in [0.1, 0.15) is 5.56 Å². The van der Waals surface area contributed by atoms with E-state index >= 15 is 0 Å². The largest absolute Gasteiger partial charge is 0.507 e. The lowest BCUT2D eigenvalue weighted by Crippen LogP contribution is -2.20. The molecule has 2 nitrogen and oxygen atoms in total. The van der Waals surface area contributed by atoms with Crippen LogP contribution in [0.4, 0.5) is 13.2 Å². The van der Waals surface area contributed by atoms with Gasteiger partial charge in [0.2, 0.25) is 0 Å². The molecule has 0 bridgehead atoms. The van der Waals surface area contributed by atoms with Crippen LogP contribution in [-0.2, 0) is 4.79 Å². The average Bonchev–Trinajstić information content (AvgIpc) is 2.17. The number of ketones is 1. The highest BCUT2D eigenvalue weighted by Crippen LogP contribution is 2.20. The van der Waals surface area contributed by atoms with Crippen LogP contribution >= 0.6 is 15.9 Å². The highest BCUT2D eigenvalue weighted by atomic mass is 79.9. The minimum atomic E-state index is -4.97. The van der Waals surface area contributed by atoms with E-state index in [1.54, 1.807) is 0 Å². The Morgan fingerprint density at radius 1 is 1.25 bits per heavy atom. The van der Waals surface area contributed by atoms with Crippen LogP contribution in [0.15, 0.2) is 34.8 Å². The first-order valence-corrected chi connectivity index (χ1v) is 4.88. The summed E-state index contributed by atoms with van der Waals surface area (Å²) in [7, 11) is 0. The number of halogens is 4. The number of aliphatic hydroxyl groups excluding tert-OH is 1. The Morgan fingerprint density at radius 3 is 2.19 bits per heavy atom.